The van der Waals surface area contributed by atoms with E-state index in [1.165, 1.54) is 18.6 Å². The highest BCUT2D eigenvalue weighted by Crippen LogP contribution is 2.29. The van der Waals surface area contributed by atoms with E-state index in [4.69, 9.17) is 11.6 Å². The van der Waals surface area contributed by atoms with Gasteiger partial charge < -0.3 is 4.57 Å². The molecule has 0 amide bonds. The number of aromatic nitrogens is 3. The lowest BCUT2D eigenvalue weighted by Crippen LogP contribution is -2.12. The van der Waals surface area contributed by atoms with Crippen molar-refractivity contribution in [3.63, 3.8) is 0 Å². The highest BCUT2D eigenvalue weighted by atomic mass is 35.5. The molecule has 3 rings (SSSR count). The number of halogens is 1. The van der Waals surface area contributed by atoms with Crippen molar-refractivity contribution < 1.29 is 0 Å². The Balaban J connectivity index is 2.03. The lowest BCUT2D eigenvalue weighted by molar-refractivity contribution is 0.630. The first-order valence-electron chi connectivity index (χ1n) is 6.28. The van der Waals surface area contributed by atoms with Crippen LogP contribution in [-0.4, -0.2) is 25.5 Å². The Morgan fingerprint density at radius 3 is 3.06 bits per heavy atom. The molecular formula is C13H16ClN3S. The maximum Gasteiger partial charge on any atom is 0.160 e. The minimum atomic E-state index is 0.451. The van der Waals surface area contributed by atoms with E-state index < -0.39 is 0 Å². The molecule has 1 aliphatic heterocycles. The van der Waals surface area contributed by atoms with Crippen molar-refractivity contribution in [1.29, 1.82) is 0 Å². The van der Waals surface area contributed by atoms with Gasteiger partial charge in [0.25, 0.3) is 0 Å². The van der Waals surface area contributed by atoms with E-state index in [9.17, 15) is 0 Å². The van der Waals surface area contributed by atoms with Gasteiger partial charge in [0, 0.05) is 17.5 Å². The summed E-state index contributed by atoms with van der Waals surface area (Å²) in [7, 11) is 0. The Hall–Kier alpha value is -0.740. The van der Waals surface area contributed by atoms with Crippen LogP contribution in [0.5, 0.6) is 0 Å². The van der Waals surface area contributed by atoms with Gasteiger partial charge in [0.2, 0.25) is 0 Å². The predicted molar refractivity (Wildman–Crippen MR) is 77.3 cm³/mol. The summed E-state index contributed by atoms with van der Waals surface area (Å²) in [4.78, 5) is 9.19. The lowest BCUT2D eigenvalue weighted by Gasteiger charge is -2.12. The van der Waals surface area contributed by atoms with Crippen LogP contribution < -0.4 is 0 Å². The van der Waals surface area contributed by atoms with Crippen LogP contribution in [0.15, 0.2) is 12.1 Å². The maximum absolute atomic E-state index is 6.01. The van der Waals surface area contributed by atoms with Crippen LogP contribution in [0, 0.1) is 6.92 Å². The third-order valence-corrected chi connectivity index (χ3v) is 4.96. The SMILES string of the molecule is Cc1ccc2nc(CCl)n(CC3CCCS3)c2n1. The van der Waals surface area contributed by atoms with E-state index in [-0.39, 0.29) is 0 Å². The summed E-state index contributed by atoms with van der Waals surface area (Å²) >= 11 is 8.06. The lowest BCUT2D eigenvalue weighted by atomic mass is 10.2. The van der Waals surface area contributed by atoms with Crippen molar-refractivity contribution in [1.82, 2.24) is 14.5 Å². The second-order valence-electron chi connectivity index (χ2n) is 4.70. The van der Waals surface area contributed by atoms with E-state index in [0.29, 0.717) is 11.1 Å². The molecule has 1 atom stereocenters. The van der Waals surface area contributed by atoms with Gasteiger partial charge in [-0.05, 0) is 37.7 Å². The van der Waals surface area contributed by atoms with Crippen LogP contribution in [0.3, 0.4) is 0 Å². The molecule has 3 nitrogen and oxygen atoms in total. The molecule has 96 valence electrons. The van der Waals surface area contributed by atoms with Gasteiger partial charge in [0.05, 0.1) is 5.88 Å². The van der Waals surface area contributed by atoms with Crippen LogP contribution in [0.2, 0.25) is 0 Å². The number of imidazole rings is 1. The minimum Gasteiger partial charge on any atom is -0.311 e. The second kappa shape index (κ2) is 5.10. The van der Waals surface area contributed by atoms with Crippen molar-refractivity contribution in [3.05, 3.63) is 23.7 Å². The molecule has 0 saturated carbocycles. The monoisotopic (exact) mass is 281 g/mol. The summed E-state index contributed by atoms with van der Waals surface area (Å²) in [5, 5.41) is 0.687. The first kappa shape index (κ1) is 12.3. The summed E-state index contributed by atoms with van der Waals surface area (Å²) in [5.74, 6) is 2.67. The number of alkyl halides is 1. The molecule has 0 aliphatic carbocycles. The Labute approximate surface area is 116 Å². The molecule has 0 N–H and O–H groups in total. The van der Waals surface area contributed by atoms with Crippen LogP contribution in [-0.2, 0) is 12.4 Å². The van der Waals surface area contributed by atoms with Crippen LogP contribution in [0.4, 0.5) is 0 Å². The molecular weight excluding hydrogens is 266 g/mol. The molecule has 0 spiro atoms. The zero-order valence-corrected chi connectivity index (χ0v) is 12.0. The molecule has 2 aromatic rings. The van der Waals surface area contributed by atoms with E-state index in [1.807, 2.05) is 19.1 Å². The third-order valence-electron chi connectivity index (χ3n) is 3.34. The molecule has 0 bridgehead atoms. The molecule has 18 heavy (non-hydrogen) atoms. The fourth-order valence-electron chi connectivity index (χ4n) is 2.43. The number of nitrogens with zero attached hydrogens (tertiary/aromatic N) is 3. The first-order valence-corrected chi connectivity index (χ1v) is 7.86. The Kier molecular flexibility index (Phi) is 3.48. The fraction of sp³-hybridized carbons (Fsp3) is 0.538. The van der Waals surface area contributed by atoms with Gasteiger partial charge in [0.1, 0.15) is 11.3 Å². The summed E-state index contributed by atoms with van der Waals surface area (Å²) < 4.78 is 2.21. The summed E-state index contributed by atoms with van der Waals surface area (Å²) in [5.41, 5.74) is 2.97. The maximum atomic E-state index is 6.01. The van der Waals surface area contributed by atoms with Crippen molar-refractivity contribution >= 4 is 34.5 Å². The number of thioether (sulfide) groups is 1. The zero-order chi connectivity index (χ0) is 12.5. The van der Waals surface area contributed by atoms with Crippen molar-refractivity contribution in [2.24, 2.45) is 0 Å². The van der Waals surface area contributed by atoms with Gasteiger partial charge in [-0.3, -0.25) is 0 Å². The Morgan fingerprint density at radius 1 is 1.44 bits per heavy atom. The Morgan fingerprint density at radius 2 is 2.33 bits per heavy atom. The van der Waals surface area contributed by atoms with Gasteiger partial charge in [-0.1, -0.05) is 0 Å². The van der Waals surface area contributed by atoms with Crippen LogP contribution in [0.25, 0.3) is 11.2 Å². The quantitative estimate of drug-likeness (QED) is 0.808. The molecule has 1 unspecified atom stereocenters. The number of aryl methyl sites for hydroxylation is 1. The molecule has 2 aromatic heterocycles. The molecule has 1 saturated heterocycles. The summed E-state index contributed by atoms with van der Waals surface area (Å²) in [6.07, 6.45) is 2.61. The fourth-order valence-corrected chi connectivity index (χ4v) is 3.89. The number of hydrogen-bond acceptors (Lipinski definition) is 3. The number of fused-ring (bicyclic) bond motifs is 1. The minimum absolute atomic E-state index is 0.451. The van der Waals surface area contributed by atoms with E-state index in [0.717, 1.165) is 29.2 Å². The number of pyridine rings is 1. The highest BCUT2D eigenvalue weighted by Gasteiger charge is 2.19. The van der Waals surface area contributed by atoms with Crippen LogP contribution in [0.1, 0.15) is 24.4 Å². The summed E-state index contributed by atoms with van der Waals surface area (Å²) in [6, 6.07) is 4.04. The largest absolute Gasteiger partial charge is 0.311 e. The average molecular weight is 282 g/mol. The second-order valence-corrected chi connectivity index (χ2v) is 6.38. The van der Waals surface area contributed by atoms with Gasteiger partial charge in [-0.2, -0.15) is 11.8 Å². The topological polar surface area (TPSA) is 30.7 Å². The van der Waals surface area contributed by atoms with Gasteiger partial charge >= 0.3 is 0 Å². The van der Waals surface area contributed by atoms with Crippen molar-refractivity contribution in [2.75, 3.05) is 5.75 Å². The molecule has 1 aliphatic rings. The zero-order valence-electron chi connectivity index (χ0n) is 10.4. The van der Waals surface area contributed by atoms with Crippen LogP contribution >= 0.6 is 23.4 Å². The average Bonchev–Trinajstić information content (AvgIpc) is 2.98. The van der Waals surface area contributed by atoms with Crippen molar-refractivity contribution in [3.8, 4) is 0 Å². The van der Waals surface area contributed by atoms with E-state index >= 15 is 0 Å². The van der Waals surface area contributed by atoms with Gasteiger partial charge in [-0.15, -0.1) is 11.6 Å². The molecule has 3 heterocycles. The Bertz CT molecular complexity index is 561. The van der Waals surface area contributed by atoms with Gasteiger partial charge in [0.15, 0.2) is 5.65 Å². The standard InChI is InChI=1S/C13H16ClN3S/c1-9-4-5-11-13(15-9)17(12(7-14)16-11)8-10-3-2-6-18-10/h4-5,10H,2-3,6-8H2,1H3. The molecule has 1 fully saturated rings. The third kappa shape index (κ3) is 2.24. The summed E-state index contributed by atoms with van der Waals surface area (Å²) in [6.45, 7) is 3.00. The molecule has 5 heteroatoms. The smallest absolute Gasteiger partial charge is 0.160 e. The number of hydrogen-bond donors (Lipinski definition) is 0. The molecule has 0 radical (unpaired) electrons. The predicted octanol–water partition coefficient (Wildman–Crippen LogP) is 3.37. The normalized spacial score (nSPS) is 19.8. The van der Waals surface area contributed by atoms with E-state index in [2.05, 4.69) is 26.3 Å². The molecule has 0 aromatic carbocycles. The highest BCUT2D eigenvalue weighted by molar-refractivity contribution is 8.00. The number of rotatable bonds is 3. The van der Waals surface area contributed by atoms with Crippen molar-refractivity contribution in [2.45, 2.75) is 37.4 Å². The van der Waals surface area contributed by atoms with Gasteiger partial charge in [-0.25, -0.2) is 9.97 Å². The van der Waals surface area contributed by atoms with E-state index in [1.54, 1.807) is 0 Å². The first-order chi connectivity index (χ1) is 8.78.